The molecule has 2 heterocycles. The molecule has 0 aliphatic heterocycles. The zero-order chi connectivity index (χ0) is 15.3. The first-order valence-electron chi connectivity index (χ1n) is 6.85. The molecule has 5 heteroatoms. The molecule has 0 fully saturated rings. The van der Waals surface area contributed by atoms with Gasteiger partial charge in [0.2, 0.25) is 5.78 Å². The predicted octanol–water partition coefficient (Wildman–Crippen LogP) is 2.84. The molecule has 4 aromatic rings. The van der Waals surface area contributed by atoms with Crippen LogP contribution in [0.4, 0.5) is 0 Å². The van der Waals surface area contributed by atoms with E-state index in [1.54, 1.807) is 18.2 Å². The third-order valence-corrected chi connectivity index (χ3v) is 3.87. The smallest absolute Gasteiger partial charge is 0.408 e. The molecule has 108 valence electrons. The quantitative estimate of drug-likeness (QED) is 0.578. The maximum absolute atomic E-state index is 12.7. The van der Waals surface area contributed by atoms with Crippen LogP contribution < -0.4 is 5.76 Å². The first-order chi connectivity index (χ1) is 10.6. The van der Waals surface area contributed by atoms with E-state index in [0.29, 0.717) is 22.4 Å². The van der Waals surface area contributed by atoms with E-state index in [2.05, 4.69) is 4.98 Å². The highest BCUT2D eigenvalue weighted by Crippen LogP contribution is 2.22. The Morgan fingerprint density at radius 2 is 1.95 bits per heavy atom. The molecule has 22 heavy (non-hydrogen) atoms. The topological polar surface area (TPSA) is 68.0 Å². The van der Waals surface area contributed by atoms with E-state index in [0.717, 1.165) is 10.9 Å². The molecule has 2 aromatic heterocycles. The number of aromatic nitrogens is 2. The summed E-state index contributed by atoms with van der Waals surface area (Å²) >= 11 is 0. The number of H-pyrrole nitrogens is 1. The molecule has 0 amide bonds. The van der Waals surface area contributed by atoms with Gasteiger partial charge in [-0.15, -0.1) is 0 Å². The second-order valence-corrected chi connectivity index (χ2v) is 5.20. The number of rotatable bonds is 2. The molecule has 0 saturated carbocycles. The van der Waals surface area contributed by atoms with Crippen molar-refractivity contribution in [3.05, 3.63) is 70.3 Å². The second-order valence-electron chi connectivity index (χ2n) is 5.20. The van der Waals surface area contributed by atoms with Crippen LogP contribution in [-0.2, 0) is 7.05 Å². The summed E-state index contributed by atoms with van der Waals surface area (Å²) in [5.74, 6) is -0.631. The number of oxazole rings is 1. The number of ketones is 1. The summed E-state index contributed by atoms with van der Waals surface area (Å²) in [6.45, 7) is 0. The molecule has 0 aliphatic rings. The van der Waals surface area contributed by atoms with Gasteiger partial charge in [-0.05, 0) is 30.3 Å². The molecule has 5 nitrogen and oxygen atoms in total. The van der Waals surface area contributed by atoms with Crippen LogP contribution in [0.25, 0.3) is 22.0 Å². The lowest BCUT2D eigenvalue weighted by Gasteiger charge is -2.03. The van der Waals surface area contributed by atoms with Crippen molar-refractivity contribution in [3.63, 3.8) is 0 Å². The normalized spacial score (nSPS) is 11.3. The largest absolute Gasteiger partial charge is 0.417 e. The number of hydrogen-bond acceptors (Lipinski definition) is 3. The molecule has 0 aliphatic carbocycles. The van der Waals surface area contributed by atoms with Crippen molar-refractivity contribution in [3.8, 4) is 0 Å². The maximum Gasteiger partial charge on any atom is 0.417 e. The highest BCUT2D eigenvalue weighted by molar-refractivity contribution is 6.11. The maximum atomic E-state index is 12.7. The zero-order valence-electron chi connectivity index (χ0n) is 11.8. The minimum Gasteiger partial charge on any atom is -0.408 e. The third kappa shape index (κ3) is 1.79. The number of nitrogens with one attached hydrogen (secondary N) is 1. The average molecular weight is 292 g/mol. The van der Waals surface area contributed by atoms with Gasteiger partial charge in [0, 0.05) is 23.5 Å². The van der Waals surface area contributed by atoms with Crippen molar-refractivity contribution in [1.82, 2.24) is 9.55 Å². The Labute approximate surface area is 124 Å². The van der Waals surface area contributed by atoms with Crippen molar-refractivity contribution < 1.29 is 9.21 Å². The summed E-state index contributed by atoms with van der Waals surface area (Å²) in [5.41, 5.74) is 3.05. The number of carbonyl (C=O) groups is 1. The first kappa shape index (κ1) is 12.6. The predicted molar refractivity (Wildman–Crippen MR) is 83.2 cm³/mol. The lowest BCUT2D eigenvalue weighted by Crippen LogP contribution is -2.06. The summed E-state index contributed by atoms with van der Waals surface area (Å²) in [6, 6.07) is 14.7. The molecule has 0 saturated heterocycles. The molecule has 0 unspecified atom stereocenters. The monoisotopic (exact) mass is 292 g/mol. The van der Waals surface area contributed by atoms with Crippen molar-refractivity contribution in [1.29, 1.82) is 0 Å². The number of aromatic amines is 1. The number of hydrogen-bond donors (Lipinski definition) is 1. The van der Waals surface area contributed by atoms with Gasteiger partial charge in [0.1, 0.15) is 0 Å². The Morgan fingerprint density at radius 3 is 2.77 bits per heavy atom. The van der Waals surface area contributed by atoms with E-state index >= 15 is 0 Å². The molecule has 2 aromatic carbocycles. The fourth-order valence-electron chi connectivity index (χ4n) is 2.74. The molecule has 0 bridgehead atoms. The van der Waals surface area contributed by atoms with E-state index in [9.17, 15) is 9.59 Å². The SMILES string of the molecule is Cn1c(C(=O)c2ccc3[nH]c(=O)oc3c2)cc2ccccc21. The fraction of sp³-hybridized carbons (Fsp3) is 0.0588. The van der Waals surface area contributed by atoms with Gasteiger partial charge >= 0.3 is 5.76 Å². The highest BCUT2D eigenvalue weighted by Gasteiger charge is 2.16. The molecular weight excluding hydrogens is 280 g/mol. The zero-order valence-corrected chi connectivity index (χ0v) is 11.8. The van der Waals surface area contributed by atoms with E-state index in [-0.39, 0.29) is 5.78 Å². The lowest BCUT2D eigenvalue weighted by atomic mass is 10.1. The number of carbonyl (C=O) groups excluding carboxylic acids is 1. The number of aryl methyl sites for hydroxylation is 1. The van der Waals surface area contributed by atoms with Crippen LogP contribution in [0.5, 0.6) is 0 Å². The molecular formula is C17H12N2O3. The summed E-state index contributed by atoms with van der Waals surface area (Å²) in [5, 5.41) is 1.02. The van der Waals surface area contributed by atoms with Gasteiger partial charge in [-0.1, -0.05) is 18.2 Å². The van der Waals surface area contributed by atoms with Gasteiger partial charge in [0.15, 0.2) is 5.58 Å². The van der Waals surface area contributed by atoms with E-state index in [1.807, 2.05) is 41.9 Å². The number of nitrogens with zero attached hydrogens (tertiary/aromatic N) is 1. The van der Waals surface area contributed by atoms with E-state index < -0.39 is 5.76 Å². The average Bonchev–Trinajstić information content (AvgIpc) is 3.05. The summed E-state index contributed by atoms with van der Waals surface area (Å²) in [6.07, 6.45) is 0. The number of para-hydroxylation sites is 1. The Morgan fingerprint density at radius 1 is 1.14 bits per heavy atom. The van der Waals surface area contributed by atoms with Crippen LogP contribution in [0, 0.1) is 0 Å². The van der Waals surface area contributed by atoms with Gasteiger partial charge in [-0.2, -0.15) is 0 Å². The summed E-state index contributed by atoms with van der Waals surface area (Å²) < 4.78 is 6.88. The van der Waals surface area contributed by atoms with E-state index in [4.69, 9.17) is 4.42 Å². The van der Waals surface area contributed by atoms with Crippen LogP contribution in [-0.4, -0.2) is 15.3 Å². The van der Waals surface area contributed by atoms with Crippen molar-refractivity contribution in [2.24, 2.45) is 7.05 Å². The van der Waals surface area contributed by atoms with Gasteiger partial charge in [-0.3, -0.25) is 9.78 Å². The second kappa shape index (κ2) is 4.46. The minimum atomic E-state index is -0.524. The highest BCUT2D eigenvalue weighted by atomic mass is 16.4. The summed E-state index contributed by atoms with van der Waals surface area (Å²) in [4.78, 5) is 26.5. The fourth-order valence-corrected chi connectivity index (χ4v) is 2.74. The number of benzene rings is 2. The lowest BCUT2D eigenvalue weighted by molar-refractivity contribution is 0.103. The molecule has 4 rings (SSSR count). The molecule has 0 spiro atoms. The van der Waals surface area contributed by atoms with Crippen LogP contribution in [0.3, 0.4) is 0 Å². The van der Waals surface area contributed by atoms with Crippen LogP contribution >= 0.6 is 0 Å². The van der Waals surface area contributed by atoms with E-state index in [1.165, 1.54) is 0 Å². The van der Waals surface area contributed by atoms with Crippen LogP contribution in [0.1, 0.15) is 16.1 Å². The molecule has 1 N–H and O–H groups in total. The van der Waals surface area contributed by atoms with Crippen LogP contribution in [0.15, 0.2) is 57.7 Å². The van der Waals surface area contributed by atoms with Gasteiger partial charge in [0.25, 0.3) is 0 Å². The van der Waals surface area contributed by atoms with Gasteiger partial charge < -0.3 is 8.98 Å². The van der Waals surface area contributed by atoms with Crippen molar-refractivity contribution in [2.75, 3.05) is 0 Å². The molecule has 0 atom stereocenters. The Bertz CT molecular complexity index is 1080. The molecule has 0 radical (unpaired) electrons. The van der Waals surface area contributed by atoms with Crippen molar-refractivity contribution in [2.45, 2.75) is 0 Å². The first-order valence-corrected chi connectivity index (χ1v) is 6.85. The summed E-state index contributed by atoms with van der Waals surface area (Å²) in [7, 11) is 1.87. The van der Waals surface area contributed by atoms with Gasteiger partial charge in [-0.25, -0.2) is 4.79 Å². The number of fused-ring (bicyclic) bond motifs is 2. The third-order valence-electron chi connectivity index (χ3n) is 3.87. The standard InChI is InChI=1S/C17H12N2O3/c1-19-13-5-3-2-4-10(13)8-14(19)16(20)11-6-7-12-15(9-11)22-17(21)18-12/h2-9H,1H3,(H,18,21). The van der Waals surface area contributed by atoms with Gasteiger partial charge in [0.05, 0.1) is 11.2 Å². The Balaban J connectivity index is 1.87. The van der Waals surface area contributed by atoms with Crippen LogP contribution in [0.2, 0.25) is 0 Å². The van der Waals surface area contributed by atoms with Crippen molar-refractivity contribution >= 4 is 27.8 Å². The Kier molecular flexibility index (Phi) is 2.56. The minimum absolute atomic E-state index is 0.107. The Hall–Kier alpha value is -3.08.